The number of rotatable bonds is 5. The predicted molar refractivity (Wildman–Crippen MR) is 86.0 cm³/mol. The Hall–Kier alpha value is -1.78. The molecule has 0 spiro atoms. The minimum absolute atomic E-state index is 0.0241. The number of nitrogens with two attached hydrogens (primary N) is 1. The van der Waals surface area contributed by atoms with E-state index in [1.165, 1.54) is 17.3 Å². The molecule has 1 atom stereocenters. The van der Waals surface area contributed by atoms with Gasteiger partial charge in [-0.1, -0.05) is 60.3 Å². The van der Waals surface area contributed by atoms with Crippen LogP contribution in [0.25, 0.3) is 0 Å². The van der Waals surface area contributed by atoms with Crippen molar-refractivity contribution in [1.29, 1.82) is 0 Å². The van der Waals surface area contributed by atoms with Gasteiger partial charge in [0.25, 0.3) is 5.24 Å². The highest BCUT2D eigenvalue weighted by atomic mass is 32.2. The molecule has 0 fully saturated rings. The Bertz CT molecular complexity index is 531. The van der Waals surface area contributed by atoms with Gasteiger partial charge >= 0.3 is 0 Å². The van der Waals surface area contributed by atoms with E-state index < -0.39 is 0 Å². The molecule has 3 N–H and O–H groups in total. The Morgan fingerprint density at radius 1 is 1.05 bits per heavy atom. The van der Waals surface area contributed by atoms with Crippen LogP contribution in [-0.2, 0) is 6.42 Å². The molecule has 1 amide bonds. The van der Waals surface area contributed by atoms with Crippen LogP contribution >= 0.6 is 11.8 Å². The Labute approximate surface area is 123 Å². The third kappa shape index (κ3) is 5.07. The van der Waals surface area contributed by atoms with Crippen molar-refractivity contribution in [2.24, 2.45) is 5.73 Å². The van der Waals surface area contributed by atoms with Crippen LogP contribution in [0.3, 0.4) is 0 Å². The third-order valence-electron chi connectivity index (χ3n) is 2.79. The van der Waals surface area contributed by atoms with Gasteiger partial charge < -0.3 is 11.1 Å². The molecule has 3 nitrogen and oxygen atoms in total. The van der Waals surface area contributed by atoms with E-state index >= 15 is 0 Å². The highest BCUT2D eigenvalue weighted by molar-refractivity contribution is 8.13. The molecule has 2 aromatic rings. The summed E-state index contributed by atoms with van der Waals surface area (Å²) >= 11 is 1.22. The smallest absolute Gasteiger partial charge is 0.283 e. The molecule has 2 rings (SSSR count). The lowest BCUT2D eigenvalue weighted by Crippen LogP contribution is -2.26. The fraction of sp³-hybridized carbons (Fsp3) is 0.188. The van der Waals surface area contributed by atoms with E-state index in [-0.39, 0.29) is 11.3 Å². The summed E-state index contributed by atoms with van der Waals surface area (Å²) in [5.74, 6) is 0.605. The zero-order chi connectivity index (χ0) is 14.2. The number of thioether (sulfide) groups is 1. The van der Waals surface area contributed by atoms with Crippen LogP contribution in [-0.4, -0.2) is 17.0 Å². The first kappa shape index (κ1) is 14.6. The molecular formula is C16H18N2OS. The lowest BCUT2D eigenvalue weighted by atomic mass is 10.1. The molecule has 0 saturated carbocycles. The summed E-state index contributed by atoms with van der Waals surface area (Å²) in [5, 5.41) is 2.76. The van der Waals surface area contributed by atoms with Crippen LogP contribution < -0.4 is 11.1 Å². The first-order valence-electron chi connectivity index (χ1n) is 6.52. The number of benzene rings is 2. The van der Waals surface area contributed by atoms with E-state index in [0.717, 1.165) is 12.1 Å². The van der Waals surface area contributed by atoms with Crippen molar-refractivity contribution in [2.45, 2.75) is 12.5 Å². The largest absolute Gasteiger partial charge is 0.327 e. The van der Waals surface area contributed by atoms with Gasteiger partial charge in [-0.3, -0.25) is 4.79 Å². The molecule has 4 heteroatoms. The Kier molecular flexibility index (Phi) is 5.65. The van der Waals surface area contributed by atoms with Gasteiger partial charge in [-0.15, -0.1) is 0 Å². The van der Waals surface area contributed by atoms with Crippen molar-refractivity contribution in [1.82, 2.24) is 0 Å². The van der Waals surface area contributed by atoms with Crippen LogP contribution in [0, 0.1) is 0 Å². The number of hydrogen-bond donors (Lipinski definition) is 2. The van der Waals surface area contributed by atoms with Gasteiger partial charge in [0.1, 0.15) is 0 Å². The molecule has 0 bridgehead atoms. The minimum atomic E-state index is -0.0697. The van der Waals surface area contributed by atoms with Gasteiger partial charge in [0.05, 0.1) is 0 Å². The molecule has 0 aliphatic heterocycles. The van der Waals surface area contributed by atoms with Crippen molar-refractivity contribution < 1.29 is 4.79 Å². The second-order valence-electron chi connectivity index (χ2n) is 4.54. The molecule has 0 aliphatic carbocycles. The molecule has 0 aliphatic rings. The molecular weight excluding hydrogens is 268 g/mol. The second-order valence-corrected chi connectivity index (χ2v) is 5.53. The van der Waals surface area contributed by atoms with Crippen LogP contribution in [0.1, 0.15) is 5.56 Å². The maximum atomic E-state index is 11.8. The van der Waals surface area contributed by atoms with E-state index in [2.05, 4.69) is 17.4 Å². The Balaban J connectivity index is 1.73. The van der Waals surface area contributed by atoms with Gasteiger partial charge in [0, 0.05) is 17.5 Å². The molecule has 1 unspecified atom stereocenters. The van der Waals surface area contributed by atoms with Gasteiger partial charge in [0.2, 0.25) is 0 Å². The van der Waals surface area contributed by atoms with Crippen LogP contribution in [0.4, 0.5) is 10.5 Å². The van der Waals surface area contributed by atoms with Crippen LogP contribution in [0.15, 0.2) is 60.7 Å². The summed E-state index contributed by atoms with van der Waals surface area (Å²) in [7, 11) is 0. The fourth-order valence-corrected chi connectivity index (χ4v) is 2.51. The summed E-state index contributed by atoms with van der Waals surface area (Å²) in [6, 6.07) is 19.5. The molecule has 20 heavy (non-hydrogen) atoms. The second kappa shape index (κ2) is 7.72. The zero-order valence-corrected chi connectivity index (χ0v) is 12.0. The number of nitrogens with one attached hydrogen (secondary N) is 1. The number of para-hydroxylation sites is 1. The molecule has 0 heterocycles. The average molecular weight is 286 g/mol. The Morgan fingerprint density at radius 3 is 2.30 bits per heavy atom. The van der Waals surface area contributed by atoms with Crippen molar-refractivity contribution in [2.75, 3.05) is 11.1 Å². The summed E-state index contributed by atoms with van der Waals surface area (Å²) in [6.45, 7) is 0. The maximum Gasteiger partial charge on any atom is 0.283 e. The highest BCUT2D eigenvalue weighted by Crippen LogP contribution is 2.13. The predicted octanol–water partition coefficient (Wildman–Crippen LogP) is 3.52. The van der Waals surface area contributed by atoms with E-state index in [0.29, 0.717) is 5.75 Å². The molecule has 0 saturated heterocycles. The summed E-state index contributed by atoms with van der Waals surface area (Å²) in [4.78, 5) is 11.8. The highest BCUT2D eigenvalue weighted by Gasteiger charge is 2.08. The van der Waals surface area contributed by atoms with Crippen molar-refractivity contribution in [3.05, 3.63) is 66.2 Å². The van der Waals surface area contributed by atoms with Crippen molar-refractivity contribution >= 4 is 22.7 Å². The summed E-state index contributed by atoms with van der Waals surface area (Å²) < 4.78 is 0. The minimum Gasteiger partial charge on any atom is -0.327 e. The zero-order valence-electron chi connectivity index (χ0n) is 11.2. The van der Waals surface area contributed by atoms with Gasteiger partial charge in [0.15, 0.2) is 0 Å². The molecule has 0 radical (unpaired) electrons. The van der Waals surface area contributed by atoms with Gasteiger partial charge in [-0.05, 0) is 24.1 Å². The SMILES string of the molecule is NC(CSC(=O)Nc1ccccc1)Cc1ccccc1. The lowest BCUT2D eigenvalue weighted by Gasteiger charge is -2.11. The number of carbonyl (C=O) groups is 1. The number of hydrogen-bond acceptors (Lipinski definition) is 3. The van der Waals surface area contributed by atoms with Crippen LogP contribution in [0.5, 0.6) is 0 Å². The van der Waals surface area contributed by atoms with E-state index in [4.69, 9.17) is 5.73 Å². The lowest BCUT2D eigenvalue weighted by molar-refractivity contribution is 0.269. The third-order valence-corrected chi connectivity index (χ3v) is 3.75. The quantitative estimate of drug-likeness (QED) is 0.884. The normalized spacial score (nSPS) is 11.8. The van der Waals surface area contributed by atoms with E-state index in [1.807, 2.05) is 48.5 Å². The topological polar surface area (TPSA) is 55.1 Å². The number of anilines is 1. The number of amides is 1. The molecule has 0 aromatic heterocycles. The Morgan fingerprint density at radius 2 is 1.65 bits per heavy atom. The first-order valence-corrected chi connectivity index (χ1v) is 7.51. The standard InChI is InChI=1S/C16H18N2OS/c17-14(11-13-7-3-1-4-8-13)12-20-16(19)18-15-9-5-2-6-10-15/h1-10,14H,11-12,17H2,(H,18,19). The molecule has 104 valence electrons. The maximum absolute atomic E-state index is 11.8. The van der Waals surface area contributed by atoms with Gasteiger partial charge in [-0.25, -0.2) is 0 Å². The monoisotopic (exact) mass is 286 g/mol. The van der Waals surface area contributed by atoms with E-state index in [1.54, 1.807) is 0 Å². The summed E-state index contributed by atoms with van der Waals surface area (Å²) in [5.41, 5.74) is 8.05. The first-order chi connectivity index (χ1) is 9.74. The van der Waals surface area contributed by atoms with Gasteiger partial charge in [-0.2, -0.15) is 0 Å². The molecule has 2 aromatic carbocycles. The fourth-order valence-electron chi connectivity index (χ4n) is 1.83. The van der Waals surface area contributed by atoms with Crippen molar-refractivity contribution in [3.8, 4) is 0 Å². The van der Waals surface area contributed by atoms with E-state index in [9.17, 15) is 4.79 Å². The van der Waals surface area contributed by atoms with Crippen molar-refractivity contribution in [3.63, 3.8) is 0 Å². The van der Waals surface area contributed by atoms with Crippen LogP contribution in [0.2, 0.25) is 0 Å². The summed E-state index contributed by atoms with van der Waals surface area (Å²) in [6.07, 6.45) is 0.784. The number of carbonyl (C=O) groups excluding carboxylic acids is 1. The average Bonchev–Trinajstić information content (AvgIpc) is 2.47.